The third kappa shape index (κ3) is 3.82. The van der Waals surface area contributed by atoms with Crippen LogP contribution in [0.1, 0.15) is 4.88 Å². The van der Waals surface area contributed by atoms with Crippen LogP contribution in [0.15, 0.2) is 45.1 Å². The highest BCUT2D eigenvalue weighted by Gasteiger charge is 2.18. The van der Waals surface area contributed by atoms with Crippen LogP contribution in [0.3, 0.4) is 0 Å². The molecule has 0 aliphatic heterocycles. The molecular weight excluding hydrogens is 362 g/mol. The van der Waals surface area contributed by atoms with Gasteiger partial charge in [-0.1, -0.05) is 12.1 Å². The van der Waals surface area contributed by atoms with E-state index in [9.17, 15) is 8.42 Å². The Morgan fingerprint density at radius 3 is 2.65 bits per heavy atom. The minimum Gasteiger partial charge on any atom is -0.495 e. The molecule has 0 aliphatic carbocycles. The second kappa shape index (κ2) is 6.71. The molecule has 0 unspecified atom stereocenters. The molecule has 0 radical (unpaired) electrons. The van der Waals surface area contributed by atoms with Gasteiger partial charge in [0.15, 0.2) is 0 Å². The number of sulfonamides is 1. The summed E-state index contributed by atoms with van der Waals surface area (Å²) in [4.78, 5) is 1.29. The first-order chi connectivity index (χ1) is 9.53. The molecule has 0 atom stereocenters. The van der Waals surface area contributed by atoms with Crippen molar-refractivity contribution in [1.29, 1.82) is 0 Å². The lowest BCUT2D eigenvalue weighted by atomic mass is 10.3. The molecule has 0 amide bonds. The van der Waals surface area contributed by atoms with E-state index in [2.05, 4.69) is 20.7 Å². The van der Waals surface area contributed by atoms with Crippen molar-refractivity contribution in [3.05, 3.63) is 45.1 Å². The van der Waals surface area contributed by atoms with Gasteiger partial charge in [0.2, 0.25) is 10.0 Å². The minimum absolute atomic E-state index is 0.162. The van der Waals surface area contributed by atoms with Gasteiger partial charge in [0, 0.05) is 11.4 Å². The quantitative estimate of drug-likeness (QED) is 0.843. The van der Waals surface area contributed by atoms with Crippen molar-refractivity contribution in [3.8, 4) is 5.75 Å². The Labute approximate surface area is 131 Å². The molecule has 0 aliphatic rings. The molecule has 0 spiro atoms. The fourth-order valence-electron chi connectivity index (χ4n) is 1.71. The SMILES string of the molecule is COc1ccccc1S(=O)(=O)NCCc1ccc(Br)s1. The number of para-hydroxylation sites is 1. The Balaban J connectivity index is 2.04. The predicted molar refractivity (Wildman–Crippen MR) is 83.9 cm³/mol. The van der Waals surface area contributed by atoms with Crippen LogP contribution in [-0.4, -0.2) is 22.1 Å². The molecule has 2 rings (SSSR count). The molecule has 108 valence electrons. The van der Waals surface area contributed by atoms with E-state index in [1.54, 1.807) is 29.5 Å². The first-order valence-electron chi connectivity index (χ1n) is 5.90. The van der Waals surface area contributed by atoms with Crippen molar-refractivity contribution in [2.75, 3.05) is 13.7 Å². The van der Waals surface area contributed by atoms with E-state index < -0.39 is 10.0 Å². The summed E-state index contributed by atoms with van der Waals surface area (Å²) in [5, 5.41) is 0. The maximum Gasteiger partial charge on any atom is 0.244 e. The molecular formula is C13H14BrNO3S2. The number of halogens is 1. The molecule has 1 aromatic carbocycles. The molecule has 0 saturated heterocycles. The summed E-state index contributed by atoms with van der Waals surface area (Å²) in [6.07, 6.45) is 0.657. The molecule has 4 nitrogen and oxygen atoms in total. The van der Waals surface area contributed by atoms with Crippen LogP contribution in [0.25, 0.3) is 0 Å². The number of hydrogen-bond donors (Lipinski definition) is 1. The molecule has 1 N–H and O–H groups in total. The molecule has 0 saturated carbocycles. The van der Waals surface area contributed by atoms with E-state index in [0.717, 1.165) is 8.66 Å². The largest absolute Gasteiger partial charge is 0.495 e. The minimum atomic E-state index is -3.55. The molecule has 1 heterocycles. The van der Waals surface area contributed by atoms with Gasteiger partial charge in [-0.05, 0) is 46.6 Å². The normalized spacial score (nSPS) is 11.5. The zero-order valence-corrected chi connectivity index (χ0v) is 14.0. The van der Waals surface area contributed by atoms with Crippen LogP contribution < -0.4 is 9.46 Å². The van der Waals surface area contributed by atoms with Crippen LogP contribution in [0.5, 0.6) is 5.75 Å². The maximum atomic E-state index is 12.2. The molecule has 0 fully saturated rings. The lowest BCUT2D eigenvalue weighted by Gasteiger charge is -2.09. The van der Waals surface area contributed by atoms with Crippen molar-refractivity contribution >= 4 is 37.3 Å². The lowest BCUT2D eigenvalue weighted by molar-refractivity contribution is 0.402. The van der Waals surface area contributed by atoms with Crippen molar-refractivity contribution in [3.63, 3.8) is 0 Å². The van der Waals surface area contributed by atoms with Crippen LogP contribution in [0.2, 0.25) is 0 Å². The van der Waals surface area contributed by atoms with Crippen LogP contribution >= 0.6 is 27.3 Å². The fraction of sp³-hybridized carbons (Fsp3) is 0.231. The van der Waals surface area contributed by atoms with E-state index in [1.165, 1.54) is 13.2 Å². The molecule has 1 aromatic heterocycles. The second-order valence-corrected chi connectivity index (χ2v) is 8.29. The Morgan fingerprint density at radius 2 is 2.00 bits per heavy atom. The Kier molecular flexibility index (Phi) is 5.20. The van der Waals surface area contributed by atoms with E-state index in [1.807, 2.05) is 12.1 Å². The second-order valence-electron chi connectivity index (χ2n) is 4.00. The van der Waals surface area contributed by atoms with E-state index in [4.69, 9.17) is 4.74 Å². The van der Waals surface area contributed by atoms with Crippen LogP contribution in [0, 0.1) is 0 Å². The van der Waals surface area contributed by atoms with Gasteiger partial charge in [0.25, 0.3) is 0 Å². The number of benzene rings is 1. The third-order valence-corrected chi connectivity index (χ3v) is 5.83. The van der Waals surface area contributed by atoms with Crippen molar-refractivity contribution in [1.82, 2.24) is 4.72 Å². The van der Waals surface area contributed by atoms with Crippen LogP contribution in [0.4, 0.5) is 0 Å². The van der Waals surface area contributed by atoms with Gasteiger partial charge in [-0.2, -0.15) is 0 Å². The third-order valence-electron chi connectivity index (χ3n) is 2.65. The van der Waals surface area contributed by atoms with E-state index in [-0.39, 0.29) is 4.90 Å². The van der Waals surface area contributed by atoms with E-state index in [0.29, 0.717) is 18.7 Å². The molecule has 7 heteroatoms. The number of ether oxygens (including phenoxy) is 1. The maximum absolute atomic E-state index is 12.2. The summed E-state index contributed by atoms with van der Waals surface area (Å²) in [6, 6.07) is 10.5. The first-order valence-corrected chi connectivity index (χ1v) is 8.99. The van der Waals surface area contributed by atoms with Gasteiger partial charge in [0.1, 0.15) is 10.6 Å². The van der Waals surface area contributed by atoms with Gasteiger partial charge in [-0.15, -0.1) is 11.3 Å². The smallest absolute Gasteiger partial charge is 0.244 e. The fourth-order valence-corrected chi connectivity index (χ4v) is 4.40. The summed E-state index contributed by atoms with van der Waals surface area (Å²) in [6.45, 7) is 0.354. The number of hydrogen-bond acceptors (Lipinski definition) is 4. The predicted octanol–water partition coefficient (Wildman–Crippen LogP) is 3.04. The summed E-state index contributed by atoms with van der Waals surface area (Å²) >= 11 is 4.98. The molecule has 0 bridgehead atoms. The zero-order chi connectivity index (χ0) is 14.6. The topological polar surface area (TPSA) is 55.4 Å². The van der Waals surface area contributed by atoms with Crippen molar-refractivity contribution in [2.24, 2.45) is 0 Å². The average Bonchev–Trinajstić information content (AvgIpc) is 2.84. The number of nitrogens with one attached hydrogen (secondary N) is 1. The number of methoxy groups -OCH3 is 1. The van der Waals surface area contributed by atoms with Gasteiger partial charge in [-0.3, -0.25) is 0 Å². The molecule has 2 aromatic rings. The van der Waals surface area contributed by atoms with E-state index >= 15 is 0 Å². The van der Waals surface area contributed by atoms with Crippen molar-refractivity contribution < 1.29 is 13.2 Å². The van der Waals surface area contributed by atoms with Gasteiger partial charge in [0.05, 0.1) is 10.9 Å². The zero-order valence-electron chi connectivity index (χ0n) is 10.8. The monoisotopic (exact) mass is 375 g/mol. The first kappa shape index (κ1) is 15.5. The van der Waals surface area contributed by atoms with Gasteiger partial charge >= 0.3 is 0 Å². The van der Waals surface area contributed by atoms with Gasteiger partial charge < -0.3 is 4.74 Å². The lowest BCUT2D eigenvalue weighted by Crippen LogP contribution is -2.26. The Hall–Kier alpha value is -0.890. The summed E-state index contributed by atoms with van der Waals surface area (Å²) in [5.74, 6) is 0.346. The number of rotatable bonds is 6. The summed E-state index contributed by atoms with van der Waals surface area (Å²) < 4.78 is 33.1. The number of thiophene rings is 1. The highest BCUT2D eigenvalue weighted by Crippen LogP contribution is 2.24. The summed E-state index contributed by atoms with van der Waals surface area (Å²) in [5.41, 5.74) is 0. The summed E-state index contributed by atoms with van der Waals surface area (Å²) in [7, 11) is -2.09. The highest BCUT2D eigenvalue weighted by molar-refractivity contribution is 9.11. The Bertz CT molecular complexity index is 682. The highest BCUT2D eigenvalue weighted by atomic mass is 79.9. The standard InChI is InChI=1S/C13H14BrNO3S2/c1-18-11-4-2-3-5-12(11)20(16,17)15-9-8-10-6-7-13(14)19-10/h2-7,15H,8-9H2,1H3. The van der Waals surface area contributed by atoms with Crippen LogP contribution in [-0.2, 0) is 16.4 Å². The van der Waals surface area contributed by atoms with Crippen molar-refractivity contribution in [2.45, 2.75) is 11.3 Å². The average molecular weight is 376 g/mol. The van der Waals surface area contributed by atoms with Gasteiger partial charge in [-0.25, -0.2) is 13.1 Å². The Morgan fingerprint density at radius 1 is 1.25 bits per heavy atom. The molecule has 20 heavy (non-hydrogen) atoms.